The largest absolute Gasteiger partial charge is 0.502 e. The molecule has 0 saturated carbocycles. The first kappa shape index (κ1) is 18.1. The summed E-state index contributed by atoms with van der Waals surface area (Å²) in [4.78, 5) is 4.68. The number of nitrogens with one attached hydrogen (secondary N) is 1. The van der Waals surface area contributed by atoms with Crippen LogP contribution < -0.4 is 19.5 Å². The predicted octanol–water partition coefficient (Wildman–Crippen LogP) is 4.64. The van der Waals surface area contributed by atoms with Gasteiger partial charge in [0.2, 0.25) is 6.79 Å². The minimum atomic E-state index is -0.786. The summed E-state index contributed by atoms with van der Waals surface area (Å²) in [6, 6.07) is 12.1. The number of rotatable bonds is 4. The first-order valence-corrected chi connectivity index (χ1v) is 9.26. The zero-order chi connectivity index (χ0) is 20.8. The van der Waals surface area contributed by atoms with Gasteiger partial charge in [0, 0.05) is 23.5 Å². The molecule has 0 saturated heterocycles. The number of hydrogen-bond donors (Lipinski definition) is 2. The molecule has 2 aromatic heterocycles. The molecule has 0 aliphatic carbocycles. The van der Waals surface area contributed by atoms with Crippen molar-refractivity contribution in [1.82, 2.24) is 9.38 Å². The van der Waals surface area contributed by atoms with Crippen LogP contribution in [0.4, 0.5) is 15.9 Å². The van der Waals surface area contributed by atoms with E-state index in [0.29, 0.717) is 34.2 Å². The van der Waals surface area contributed by atoms with Crippen LogP contribution in [0.1, 0.15) is 5.56 Å². The van der Waals surface area contributed by atoms with Gasteiger partial charge in [0.15, 0.2) is 28.8 Å². The highest BCUT2D eigenvalue weighted by atomic mass is 19.1. The number of phenolic OH excluding ortho intramolecular Hbond substituents is 1. The van der Waals surface area contributed by atoms with Gasteiger partial charge in [-0.1, -0.05) is 6.07 Å². The third kappa shape index (κ3) is 2.93. The van der Waals surface area contributed by atoms with Gasteiger partial charge < -0.3 is 24.6 Å². The molecule has 8 heteroatoms. The highest BCUT2D eigenvalue weighted by molar-refractivity contribution is 5.81. The van der Waals surface area contributed by atoms with Gasteiger partial charge in [-0.3, -0.25) is 4.40 Å². The van der Waals surface area contributed by atoms with E-state index in [1.54, 1.807) is 6.07 Å². The molecule has 7 nitrogen and oxygen atoms in total. The average Bonchev–Trinajstić information content (AvgIpc) is 3.34. The lowest BCUT2D eigenvalue weighted by atomic mass is 10.1. The Kier molecular flexibility index (Phi) is 4.13. The van der Waals surface area contributed by atoms with Gasteiger partial charge in [0.1, 0.15) is 17.2 Å². The Labute approximate surface area is 171 Å². The fraction of sp³-hybridized carbons (Fsp3) is 0.136. The maximum Gasteiger partial charge on any atom is 0.231 e. The van der Waals surface area contributed by atoms with Crippen molar-refractivity contribution >= 4 is 17.2 Å². The maximum absolute atomic E-state index is 14.3. The van der Waals surface area contributed by atoms with Gasteiger partial charge in [0.25, 0.3) is 0 Å². The van der Waals surface area contributed by atoms with E-state index in [2.05, 4.69) is 10.3 Å². The zero-order valence-electron chi connectivity index (χ0n) is 16.3. The second-order valence-electron chi connectivity index (χ2n) is 6.95. The number of imidazole rings is 1. The Hall–Kier alpha value is -3.94. The molecule has 30 heavy (non-hydrogen) atoms. The number of aromatic nitrogens is 2. The maximum atomic E-state index is 14.3. The Balaban J connectivity index is 1.68. The van der Waals surface area contributed by atoms with E-state index in [-0.39, 0.29) is 12.5 Å². The summed E-state index contributed by atoms with van der Waals surface area (Å²) in [5, 5.41) is 13.2. The van der Waals surface area contributed by atoms with Crippen molar-refractivity contribution in [2.45, 2.75) is 6.92 Å². The molecule has 0 bridgehead atoms. The van der Waals surface area contributed by atoms with E-state index in [4.69, 9.17) is 14.2 Å². The van der Waals surface area contributed by atoms with E-state index in [0.717, 1.165) is 11.3 Å². The molecule has 3 heterocycles. The molecule has 152 valence electrons. The average molecular weight is 407 g/mol. The summed E-state index contributed by atoms with van der Waals surface area (Å²) in [6.07, 6.45) is 1.94. The monoisotopic (exact) mass is 407 g/mol. The Bertz CT molecular complexity index is 1290. The van der Waals surface area contributed by atoms with Gasteiger partial charge in [-0.15, -0.1) is 0 Å². The molecule has 1 aliphatic heterocycles. The molecule has 0 spiro atoms. The van der Waals surface area contributed by atoms with E-state index in [1.165, 1.54) is 13.2 Å². The van der Waals surface area contributed by atoms with Gasteiger partial charge in [-0.2, -0.15) is 0 Å². The van der Waals surface area contributed by atoms with Gasteiger partial charge in [-0.05, 0) is 42.8 Å². The summed E-state index contributed by atoms with van der Waals surface area (Å²) in [6.45, 7) is 2.16. The number of pyridine rings is 1. The van der Waals surface area contributed by atoms with Crippen LogP contribution >= 0.6 is 0 Å². The highest BCUT2D eigenvalue weighted by Gasteiger charge is 2.20. The Morgan fingerprint density at radius 2 is 1.97 bits per heavy atom. The van der Waals surface area contributed by atoms with Crippen molar-refractivity contribution in [2.75, 3.05) is 19.2 Å². The molecule has 1 aliphatic rings. The summed E-state index contributed by atoms with van der Waals surface area (Å²) in [5.41, 5.74) is 3.46. The smallest absolute Gasteiger partial charge is 0.231 e. The normalized spacial score (nSPS) is 12.4. The van der Waals surface area contributed by atoms with E-state index < -0.39 is 11.6 Å². The van der Waals surface area contributed by atoms with Crippen LogP contribution in [0.5, 0.6) is 23.0 Å². The van der Waals surface area contributed by atoms with Gasteiger partial charge >= 0.3 is 0 Å². The third-order valence-corrected chi connectivity index (χ3v) is 4.92. The number of phenols is 1. The van der Waals surface area contributed by atoms with Crippen molar-refractivity contribution in [2.24, 2.45) is 0 Å². The number of aryl methyl sites for hydroxylation is 1. The SMILES string of the molecule is COc1cc(-c2nc3ccc(C)cn3c2Nc2ccc3c(c2)OCO3)cc(F)c1O. The van der Waals surface area contributed by atoms with Gasteiger partial charge in [0.05, 0.1) is 7.11 Å². The second kappa shape index (κ2) is 6.84. The molecule has 0 radical (unpaired) electrons. The van der Waals surface area contributed by atoms with Crippen LogP contribution in [0, 0.1) is 12.7 Å². The number of hydrogen-bond acceptors (Lipinski definition) is 6. The lowest BCUT2D eigenvalue weighted by molar-refractivity contribution is 0.174. The molecular formula is C22H18FN3O4. The first-order valence-electron chi connectivity index (χ1n) is 9.26. The molecule has 0 unspecified atom stereocenters. The third-order valence-electron chi connectivity index (χ3n) is 4.92. The van der Waals surface area contributed by atoms with Crippen molar-refractivity contribution in [3.8, 4) is 34.3 Å². The molecule has 0 fully saturated rings. The van der Waals surface area contributed by atoms with Crippen LogP contribution in [0.25, 0.3) is 16.9 Å². The van der Waals surface area contributed by atoms with E-state index >= 15 is 0 Å². The fourth-order valence-electron chi connectivity index (χ4n) is 3.45. The number of anilines is 2. The van der Waals surface area contributed by atoms with Crippen molar-refractivity contribution in [3.63, 3.8) is 0 Å². The van der Waals surface area contributed by atoms with Gasteiger partial charge in [-0.25, -0.2) is 9.37 Å². The number of ether oxygens (including phenoxy) is 3. The lowest BCUT2D eigenvalue weighted by Gasteiger charge is -2.11. The minimum absolute atomic E-state index is 0.0345. The fourth-order valence-corrected chi connectivity index (χ4v) is 3.45. The molecule has 0 atom stereocenters. The molecule has 2 aromatic carbocycles. The number of benzene rings is 2. The van der Waals surface area contributed by atoms with Crippen LogP contribution in [0.3, 0.4) is 0 Å². The summed E-state index contributed by atoms with van der Waals surface area (Å²) in [5.74, 6) is 0.675. The Morgan fingerprint density at radius 3 is 2.80 bits per heavy atom. The van der Waals surface area contributed by atoms with Crippen LogP contribution in [-0.2, 0) is 0 Å². The number of methoxy groups -OCH3 is 1. The molecular weight excluding hydrogens is 389 g/mol. The van der Waals surface area contributed by atoms with E-state index in [1.807, 2.05) is 47.9 Å². The van der Waals surface area contributed by atoms with Crippen molar-refractivity contribution < 1.29 is 23.7 Å². The topological polar surface area (TPSA) is 77.3 Å². The number of aromatic hydroxyl groups is 1. The lowest BCUT2D eigenvalue weighted by Crippen LogP contribution is -1.98. The second-order valence-corrected chi connectivity index (χ2v) is 6.95. The molecule has 4 aromatic rings. The molecule has 5 rings (SSSR count). The summed E-state index contributed by atoms with van der Waals surface area (Å²) < 4.78 is 32.2. The summed E-state index contributed by atoms with van der Waals surface area (Å²) in [7, 11) is 1.37. The number of fused-ring (bicyclic) bond motifs is 2. The first-order chi connectivity index (χ1) is 14.5. The standard InChI is InChI=1S/C22H18FN3O4/c1-12-3-6-19-25-20(13-7-15(23)21(27)18(8-13)28-2)22(26(19)10-12)24-14-4-5-16-17(9-14)30-11-29-16/h3-10,24,27H,11H2,1-2H3. The zero-order valence-corrected chi connectivity index (χ0v) is 16.3. The quantitative estimate of drug-likeness (QED) is 0.513. The minimum Gasteiger partial charge on any atom is -0.502 e. The Morgan fingerprint density at radius 1 is 1.13 bits per heavy atom. The number of halogens is 1. The van der Waals surface area contributed by atoms with Crippen molar-refractivity contribution in [3.05, 3.63) is 60.0 Å². The highest BCUT2D eigenvalue weighted by Crippen LogP contribution is 2.39. The van der Waals surface area contributed by atoms with Crippen molar-refractivity contribution in [1.29, 1.82) is 0 Å². The van der Waals surface area contributed by atoms with E-state index in [9.17, 15) is 9.50 Å². The number of nitrogens with zero attached hydrogens (tertiary/aromatic N) is 2. The predicted molar refractivity (Wildman–Crippen MR) is 109 cm³/mol. The van der Waals surface area contributed by atoms with Crippen LogP contribution in [-0.4, -0.2) is 28.4 Å². The van der Waals surface area contributed by atoms with Crippen LogP contribution in [0.2, 0.25) is 0 Å². The summed E-state index contributed by atoms with van der Waals surface area (Å²) >= 11 is 0. The molecule has 2 N–H and O–H groups in total. The molecule has 0 amide bonds. The van der Waals surface area contributed by atoms with Crippen LogP contribution in [0.15, 0.2) is 48.7 Å².